The van der Waals surface area contributed by atoms with E-state index in [0.717, 1.165) is 35.6 Å². The lowest BCUT2D eigenvalue weighted by Gasteiger charge is -2.21. The number of hydrogen-bond acceptors (Lipinski definition) is 6. The summed E-state index contributed by atoms with van der Waals surface area (Å²) in [6, 6.07) is 8.46. The van der Waals surface area contributed by atoms with Crippen molar-refractivity contribution in [2.24, 2.45) is 0 Å². The van der Waals surface area contributed by atoms with Gasteiger partial charge in [-0.25, -0.2) is 22.2 Å². The molecule has 0 spiro atoms. The van der Waals surface area contributed by atoms with Gasteiger partial charge in [0.25, 0.3) is 0 Å². The molecule has 3 aromatic rings. The first-order chi connectivity index (χ1) is 14.2. The lowest BCUT2D eigenvalue weighted by molar-refractivity contribution is -0.116. The van der Waals surface area contributed by atoms with Crippen LogP contribution < -0.4 is 4.90 Å². The maximum atomic E-state index is 13.5. The largest absolute Gasteiger partial charge is 0.309 e. The maximum Gasteiger partial charge on any atom is 0.244 e. The van der Waals surface area contributed by atoms with Gasteiger partial charge in [-0.15, -0.1) is 12.4 Å². The number of carbonyl (C=O) groups is 1. The third kappa shape index (κ3) is 6.42. The number of sulfone groups is 1. The average Bonchev–Trinajstić information content (AvgIpc) is 3.07. The number of nitrogens with zero attached hydrogens (tertiary/aromatic N) is 3. The van der Waals surface area contributed by atoms with Crippen LogP contribution in [-0.4, -0.2) is 57.1 Å². The van der Waals surface area contributed by atoms with Crippen LogP contribution in [0.15, 0.2) is 47.4 Å². The molecule has 1 amide bonds. The predicted octanol–water partition coefficient (Wildman–Crippen LogP) is 3.75. The molecule has 0 aliphatic heterocycles. The Morgan fingerprint density at radius 3 is 2.32 bits per heavy atom. The van der Waals surface area contributed by atoms with Crippen molar-refractivity contribution in [3.8, 4) is 0 Å². The summed E-state index contributed by atoms with van der Waals surface area (Å²) in [6.07, 6.45) is 0.597. The van der Waals surface area contributed by atoms with Crippen LogP contribution >= 0.6 is 23.7 Å². The molecule has 6 nitrogen and oxygen atoms in total. The molecule has 0 bridgehead atoms. The first-order valence-electron chi connectivity index (χ1n) is 9.15. The zero-order valence-electron chi connectivity index (χ0n) is 16.9. The summed E-state index contributed by atoms with van der Waals surface area (Å²) in [5.74, 6) is -2.39. The third-order valence-electron chi connectivity index (χ3n) is 4.34. The summed E-state index contributed by atoms with van der Waals surface area (Å²) in [4.78, 5) is 20.5. The van der Waals surface area contributed by atoms with Gasteiger partial charge >= 0.3 is 0 Å². The Morgan fingerprint density at radius 2 is 1.68 bits per heavy atom. The minimum atomic E-state index is -3.96. The Kier molecular flexibility index (Phi) is 8.47. The fourth-order valence-electron chi connectivity index (χ4n) is 2.84. The summed E-state index contributed by atoms with van der Waals surface area (Å²) in [5, 5.41) is 0.314. The second-order valence-corrected chi connectivity index (χ2v) is 10.0. The highest BCUT2D eigenvalue weighted by molar-refractivity contribution is 7.92. The van der Waals surface area contributed by atoms with E-state index in [0.29, 0.717) is 28.3 Å². The van der Waals surface area contributed by atoms with Crippen molar-refractivity contribution in [1.82, 2.24) is 9.88 Å². The zero-order valence-corrected chi connectivity index (χ0v) is 19.4. The predicted molar refractivity (Wildman–Crippen MR) is 121 cm³/mol. The van der Waals surface area contributed by atoms with Crippen molar-refractivity contribution in [3.63, 3.8) is 0 Å². The van der Waals surface area contributed by atoms with Crippen LogP contribution in [-0.2, 0) is 14.6 Å². The van der Waals surface area contributed by atoms with Gasteiger partial charge in [0.15, 0.2) is 15.0 Å². The molecule has 0 aliphatic carbocycles. The van der Waals surface area contributed by atoms with E-state index in [9.17, 15) is 22.0 Å². The van der Waals surface area contributed by atoms with Gasteiger partial charge in [-0.2, -0.15) is 0 Å². The third-order valence-corrected chi connectivity index (χ3v) is 7.00. The summed E-state index contributed by atoms with van der Waals surface area (Å²) in [7, 11) is -0.170. The average molecular weight is 490 g/mol. The molecule has 3 rings (SSSR count). The van der Waals surface area contributed by atoms with Crippen molar-refractivity contribution in [2.45, 2.75) is 11.3 Å². The van der Waals surface area contributed by atoms with Gasteiger partial charge in [0.2, 0.25) is 5.91 Å². The Labute approximate surface area is 189 Å². The van der Waals surface area contributed by atoms with Crippen LogP contribution in [0.25, 0.3) is 10.2 Å². The molecular weight excluding hydrogens is 468 g/mol. The molecule has 168 valence electrons. The van der Waals surface area contributed by atoms with Crippen LogP contribution in [0, 0.1) is 11.6 Å². The van der Waals surface area contributed by atoms with Gasteiger partial charge in [0, 0.05) is 6.54 Å². The second kappa shape index (κ2) is 10.4. The van der Waals surface area contributed by atoms with Crippen LogP contribution in [0.2, 0.25) is 0 Å². The first kappa shape index (κ1) is 25.1. The lowest BCUT2D eigenvalue weighted by Crippen LogP contribution is -2.37. The summed E-state index contributed by atoms with van der Waals surface area (Å²) in [5.41, 5.74) is 0.531. The van der Waals surface area contributed by atoms with E-state index in [-0.39, 0.29) is 23.8 Å². The summed E-state index contributed by atoms with van der Waals surface area (Å²) in [6.45, 7) is 0.951. The van der Waals surface area contributed by atoms with E-state index >= 15 is 0 Å². The highest BCUT2D eigenvalue weighted by Crippen LogP contribution is 2.30. The van der Waals surface area contributed by atoms with Crippen LogP contribution in [0.4, 0.5) is 13.9 Å². The molecule has 2 aromatic carbocycles. The van der Waals surface area contributed by atoms with Gasteiger partial charge in [-0.3, -0.25) is 9.69 Å². The molecule has 0 fully saturated rings. The molecule has 1 heterocycles. The number of carbonyl (C=O) groups excluding carboxylic acids is 1. The molecule has 0 radical (unpaired) electrons. The quantitative estimate of drug-likeness (QED) is 0.451. The van der Waals surface area contributed by atoms with E-state index in [1.807, 2.05) is 19.0 Å². The molecule has 0 unspecified atom stereocenters. The Hall–Kier alpha value is -2.14. The minimum absolute atomic E-state index is 0. The van der Waals surface area contributed by atoms with E-state index in [1.165, 1.54) is 23.1 Å². The molecule has 11 heteroatoms. The van der Waals surface area contributed by atoms with Crippen LogP contribution in [0.1, 0.15) is 6.42 Å². The second-order valence-electron chi connectivity index (χ2n) is 7.02. The topological polar surface area (TPSA) is 70.6 Å². The van der Waals surface area contributed by atoms with E-state index in [4.69, 9.17) is 0 Å². The molecule has 0 saturated carbocycles. The Balaban J connectivity index is 0.00000341. The molecule has 0 N–H and O–H groups in total. The van der Waals surface area contributed by atoms with E-state index < -0.39 is 33.1 Å². The van der Waals surface area contributed by atoms with Gasteiger partial charge in [-0.05, 0) is 69.5 Å². The number of amides is 1. The normalized spacial score (nSPS) is 11.5. The van der Waals surface area contributed by atoms with Crippen molar-refractivity contribution in [3.05, 3.63) is 54.1 Å². The molecule has 0 saturated heterocycles. The monoisotopic (exact) mass is 489 g/mol. The first-order valence-corrected chi connectivity index (χ1v) is 11.6. The molecule has 0 atom stereocenters. The SMILES string of the molecule is CN(C)CCCN(C(=O)CS(=O)(=O)c1ccc(F)cc1)c1nc2ccc(F)cc2s1.Cl. The summed E-state index contributed by atoms with van der Waals surface area (Å²) >= 11 is 1.13. The maximum absolute atomic E-state index is 13.5. The van der Waals surface area contributed by atoms with Gasteiger partial charge < -0.3 is 4.90 Å². The minimum Gasteiger partial charge on any atom is -0.309 e. The zero-order chi connectivity index (χ0) is 21.9. The molecular formula is C20H22ClF2N3O3S2. The number of anilines is 1. The number of thiazole rings is 1. The molecule has 31 heavy (non-hydrogen) atoms. The van der Waals surface area contributed by atoms with Crippen molar-refractivity contribution >= 4 is 54.8 Å². The van der Waals surface area contributed by atoms with Gasteiger partial charge in [-0.1, -0.05) is 11.3 Å². The highest BCUT2D eigenvalue weighted by Gasteiger charge is 2.26. The van der Waals surface area contributed by atoms with Crippen molar-refractivity contribution < 1.29 is 22.0 Å². The van der Waals surface area contributed by atoms with Crippen molar-refractivity contribution in [2.75, 3.05) is 37.8 Å². The Bertz CT molecular complexity index is 1150. The number of fused-ring (bicyclic) bond motifs is 1. The standard InChI is InChI=1S/C20H21F2N3O3S2.ClH/c1-24(2)10-3-11-25(20-23-17-9-6-15(22)12-18(17)29-20)19(26)13-30(27,28)16-7-4-14(21)5-8-16;/h4-9,12H,3,10-11,13H2,1-2H3;1H. The number of benzene rings is 2. The van der Waals surface area contributed by atoms with E-state index in [1.54, 1.807) is 0 Å². The fourth-order valence-corrected chi connectivity index (χ4v) is 5.07. The molecule has 0 aliphatic rings. The Morgan fingerprint density at radius 1 is 1.03 bits per heavy atom. The number of halogens is 3. The van der Waals surface area contributed by atoms with Gasteiger partial charge in [0.05, 0.1) is 15.1 Å². The molecule has 1 aromatic heterocycles. The smallest absolute Gasteiger partial charge is 0.244 e. The van der Waals surface area contributed by atoms with Crippen LogP contribution in [0.3, 0.4) is 0 Å². The van der Waals surface area contributed by atoms with Crippen molar-refractivity contribution in [1.29, 1.82) is 0 Å². The van der Waals surface area contributed by atoms with Crippen LogP contribution in [0.5, 0.6) is 0 Å². The van der Waals surface area contributed by atoms with Gasteiger partial charge in [0.1, 0.15) is 17.4 Å². The number of aromatic nitrogens is 1. The number of hydrogen-bond donors (Lipinski definition) is 0. The lowest BCUT2D eigenvalue weighted by atomic mass is 10.3. The number of rotatable bonds is 8. The summed E-state index contributed by atoms with van der Waals surface area (Å²) < 4.78 is 52.5. The highest BCUT2D eigenvalue weighted by atomic mass is 35.5. The van der Waals surface area contributed by atoms with E-state index in [2.05, 4.69) is 4.98 Å². The fraction of sp³-hybridized carbons (Fsp3) is 0.300.